The molecular formula is C11H12ClN3O2. The van der Waals surface area contributed by atoms with Crippen molar-refractivity contribution in [2.24, 2.45) is 0 Å². The summed E-state index contributed by atoms with van der Waals surface area (Å²) in [5.74, 6) is 0.682. The second kappa shape index (κ2) is 4.16. The lowest BCUT2D eigenvalue weighted by Crippen LogP contribution is -2.32. The Morgan fingerprint density at radius 3 is 3.24 bits per heavy atom. The first-order valence-electron chi connectivity index (χ1n) is 5.58. The number of anilines is 1. The monoisotopic (exact) mass is 253 g/mol. The highest BCUT2D eigenvalue weighted by atomic mass is 35.5. The fourth-order valence-corrected chi connectivity index (χ4v) is 2.49. The molecule has 0 radical (unpaired) electrons. The Morgan fingerprint density at radius 2 is 2.41 bits per heavy atom. The quantitative estimate of drug-likeness (QED) is 0.828. The summed E-state index contributed by atoms with van der Waals surface area (Å²) in [6.07, 6.45) is 3.57. The third-order valence-electron chi connectivity index (χ3n) is 3.12. The van der Waals surface area contributed by atoms with Gasteiger partial charge in [-0.2, -0.15) is 4.98 Å². The van der Waals surface area contributed by atoms with Crippen LogP contribution in [0.3, 0.4) is 0 Å². The molecule has 1 atom stereocenters. The van der Waals surface area contributed by atoms with Crippen molar-refractivity contribution in [3.05, 3.63) is 17.6 Å². The summed E-state index contributed by atoms with van der Waals surface area (Å²) in [6, 6.07) is 1.85. The Hall–Kier alpha value is -1.33. The average molecular weight is 254 g/mol. The lowest BCUT2D eigenvalue weighted by atomic mass is 10.2. The van der Waals surface area contributed by atoms with Crippen LogP contribution in [-0.2, 0) is 0 Å². The summed E-state index contributed by atoms with van der Waals surface area (Å²) in [5.41, 5.74) is 1.33. The maximum atomic E-state index is 9.34. The van der Waals surface area contributed by atoms with Crippen molar-refractivity contribution in [2.45, 2.75) is 18.9 Å². The normalized spacial score (nSPS) is 20.4. The van der Waals surface area contributed by atoms with Crippen molar-refractivity contribution >= 4 is 28.5 Å². The van der Waals surface area contributed by atoms with E-state index >= 15 is 0 Å². The molecule has 0 amide bonds. The zero-order valence-corrected chi connectivity index (χ0v) is 9.89. The number of furan rings is 1. The molecule has 17 heavy (non-hydrogen) atoms. The van der Waals surface area contributed by atoms with Crippen molar-refractivity contribution in [3.8, 4) is 0 Å². The number of halogens is 1. The van der Waals surface area contributed by atoms with Crippen molar-refractivity contribution < 1.29 is 9.52 Å². The topological polar surface area (TPSA) is 62.4 Å². The van der Waals surface area contributed by atoms with Crippen LogP contribution in [0.25, 0.3) is 11.1 Å². The van der Waals surface area contributed by atoms with Gasteiger partial charge in [0.2, 0.25) is 5.28 Å². The highest BCUT2D eigenvalue weighted by Crippen LogP contribution is 2.31. The van der Waals surface area contributed by atoms with Gasteiger partial charge in [0.1, 0.15) is 5.52 Å². The number of aliphatic hydroxyl groups is 1. The van der Waals surface area contributed by atoms with Crippen LogP contribution in [0.15, 0.2) is 16.7 Å². The van der Waals surface area contributed by atoms with Crippen LogP contribution < -0.4 is 4.90 Å². The van der Waals surface area contributed by atoms with Gasteiger partial charge in [0.05, 0.1) is 18.9 Å². The number of nitrogens with zero attached hydrogens (tertiary/aromatic N) is 3. The molecule has 1 saturated heterocycles. The van der Waals surface area contributed by atoms with Gasteiger partial charge in [0.25, 0.3) is 0 Å². The second-order valence-corrected chi connectivity index (χ2v) is 4.46. The third-order valence-corrected chi connectivity index (χ3v) is 3.29. The lowest BCUT2D eigenvalue weighted by Gasteiger charge is -2.23. The lowest BCUT2D eigenvalue weighted by molar-refractivity contribution is 0.266. The molecule has 1 aliphatic heterocycles. The van der Waals surface area contributed by atoms with Crippen LogP contribution in [0.5, 0.6) is 0 Å². The summed E-state index contributed by atoms with van der Waals surface area (Å²) in [4.78, 5) is 10.4. The van der Waals surface area contributed by atoms with E-state index in [2.05, 4.69) is 9.97 Å². The summed E-state index contributed by atoms with van der Waals surface area (Å²) < 4.78 is 5.40. The van der Waals surface area contributed by atoms with Gasteiger partial charge in [-0.1, -0.05) is 0 Å². The van der Waals surface area contributed by atoms with Crippen LogP contribution in [0.4, 0.5) is 5.82 Å². The molecule has 6 heteroatoms. The smallest absolute Gasteiger partial charge is 0.225 e. The molecule has 0 unspecified atom stereocenters. The fraction of sp³-hybridized carbons (Fsp3) is 0.455. The predicted octanol–water partition coefficient (Wildman–Crippen LogP) is 1.84. The summed E-state index contributed by atoms with van der Waals surface area (Å²) in [7, 11) is 0. The number of aromatic nitrogens is 2. The second-order valence-electron chi connectivity index (χ2n) is 4.12. The van der Waals surface area contributed by atoms with Crippen LogP contribution in [0.2, 0.25) is 5.28 Å². The van der Waals surface area contributed by atoms with Gasteiger partial charge in [0, 0.05) is 12.6 Å². The van der Waals surface area contributed by atoms with E-state index in [0.29, 0.717) is 16.9 Å². The number of hydrogen-bond donors (Lipinski definition) is 1. The van der Waals surface area contributed by atoms with E-state index in [1.54, 1.807) is 12.3 Å². The van der Waals surface area contributed by atoms with E-state index in [9.17, 15) is 5.11 Å². The molecule has 90 valence electrons. The summed E-state index contributed by atoms with van der Waals surface area (Å²) >= 11 is 5.90. The SMILES string of the molecule is OC[C@@H]1CCCN1c1nc(Cl)nc2ccoc12. The third kappa shape index (κ3) is 1.75. The molecule has 0 spiro atoms. The number of hydrogen-bond acceptors (Lipinski definition) is 5. The fourth-order valence-electron chi connectivity index (χ4n) is 2.32. The summed E-state index contributed by atoms with van der Waals surface area (Å²) in [6.45, 7) is 0.970. The molecule has 3 rings (SSSR count). The minimum Gasteiger partial charge on any atom is -0.459 e. The van der Waals surface area contributed by atoms with Crippen molar-refractivity contribution in [2.75, 3.05) is 18.1 Å². The molecule has 1 N–H and O–H groups in total. The Bertz CT molecular complexity index is 542. The first-order chi connectivity index (χ1) is 8.29. The van der Waals surface area contributed by atoms with E-state index in [-0.39, 0.29) is 17.9 Å². The molecule has 1 fully saturated rings. The Kier molecular flexibility index (Phi) is 2.64. The Labute approximate surface area is 103 Å². The number of rotatable bonds is 2. The first kappa shape index (κ1) is 10.8. The molecule has 0 aliphatic carbocycles. The van der Waals surface area contributed by atoms with Crippen LogP contribution in [0.1, 0.15) is 12.8 Å². The van der Waals surface area contributed by atoms with Crippen LogP contribution in [-0.4, -0.2) is 34.3 Å². The van der Waals surface area contributed by atoms with Gasteiger partial charge >= 0.3 is 0 Å². The molecule has 0 aromatic carbocycles. The highest BCUT2D eigenvalue weighted by molar-refractivity contribution is 6.28. The van der Waals surface area contributed by atoms with Gasteiger partial charge < -0.3 is 14.4 Å². The molecule has 2 aromatic rings. The molecule has 5 nitrogen and oxygen atoms in total. The van der Waals surface area contributed by atoms with Gasteiger partial charge in [-0.05, 0) is 24.4 Å². The standard InChI is InChI=1S/C11H12ClN3O2/c12-11-13-8-3-5-17-9(8)10(14-11)15-4-1-2-7(15)6-16/h3,5,7,16H,1-2,4,6H2/t7-/m0/s1. The van der Waals surface area contributed by atoms with E-state index in [4.69, 9.17) is 16.0 Å². The minimum absolute atomic E-state index is 0.0919. The Morgan fingerprint density at radius 1 is 1.53 bits per heavy atom. The van der Waals surface area contributed by atoms with E-state index in [1.165, 1.54) is 0 Å². The maximum Gasteiger partial charge on any atom is 0.225 e. The largest absolute Gasteiger partial charge is 0.459 e. The molecule has 1 aliphatic rings. The van der Waals surface area contributed by atoms with Crippen molar-refractivity contribution in [3.63, 3.8) is 0 Å². The van der Waals surface area contributed by atoms with Gasteiger partial charge in [-0.3, -0.25) is 0 Å². The molecule has 0 saturated carbocycles. The zero-order chi connectivity index (χ0) is 11.8. The predicted molar refractivity (Wildman–Crippen MR) is 64.3 cm³/mol. The molecule has 3 heterocycles. The summed E-state index contributed by atoms with van der Waals surface area (Å²) in [5, 5.41) is 9.55. The molecule has 2 aromatic heterocycles. The Balaban J connectivity index is 2.12. The minimum atomic E-state index is 0.0919. The van der Waals surface area contributed by atoms with Crippen LogP contribution in [0, 0.1) is 0 Å². The van der Waals surface area contributed by atoms with E-state index < -0.39 is 0 Å². The van der Waals surface area contributed by atoms with E-state index in [0.717, 1.165) is 19.4 Å². The van der Waals surface area contributed by atoms with Gasteiger partial charge in [-0.15, -0.1) is 0 Å². The zero-order valence-electron chi connectivity index (χ0n) is 9.14. The van der Waals surface area contributed by atoms with E-state index in [1.807, 2.05) is 4.90 Å². The van der Waals surface area contributed by atoms with Crippen LogP contribution >= 0.6 is 11.6 Å². The number of fused-ring (bicyclic) bond motifs is 1. The highest BCUT2D eigenvalue weighted by Gasteiger charge is 2.28. The van der Waals surface area contributed by atoms with Gasteiger partial charge in [-0.25, -0.2) is 4.98 Å². The van der Waals surface area contributed by atoms with Crippen molar-refractivity contribution in [1.82, 2.24) is 9.97 Å². The average Bonchev–Trinajstić information content (AvgIpc) is 2.95. The maximum absolute atomic E-state index is 9.34. The molecular weight excluding hydrogens is 242 g/mol. The first-order valence-corrected chi connectivity index (χ1v) is 5.95. The number of aliphatic hydroxyl groups excluding tert-OH is 1. The molecule has 0 bridgehead atoms. The van der Waals surface area contributed by atoms with Crippen molar-refractivity contribution in [1.29, 1.82) is 0 Å². The van der Waals surface area contributed by atoms with Gasteiger partial charge in [0.15, 0.2) is 11.4 Å².